The Kier molecular flexibility index (Phi) is 5.34. The second-order valence-electron chi connectivity index (χ2n) is 4.67. The van der Waals surface area contributed by atoms with Crippen LogP contribution in [-0.2, 0) is 11.3 Å². The smallest absolute Gasteiger partial charge is 0.183 e. The highest BCUT2D eigenvalue weighted by Gasteiger charge is 2.04. The molecule has 6 heteroatoms. The second kappa shape index (κ2) is 7.85. The molecule has 1 aromatic heterocycles. The first kappa shape index (κ1) is 15.6. The Morgan fingerprint density at radius 3 is 2.70 bits per heavy atom. The SMILES string of the molecule is Clc1ccc(CO/C=N\Sn2ccnc2-c2ccccc2)cc1. The lowest BCUT2D eigenvalue weighted by Gasteiger charge is -2.03. The van der Waals surface area contributed by atoms with Crippen molar-refractivity contribution >= 4 is 30.1 Å². The van der Waals surface area contributed by atoms with E-state index < -0.39 is 0 Å². The van der Waals surface area contributed by atoms with Crippen molar-refractivity contribution in [1.29, 1.82) is 0 Å². The first-order valence-electron chi connectivity index (χ1n) is 6.97. The maximum absolute atomic E-state index is 5.84. The molecule has 2 aromatic carbocycles. The number of hydrogen-bond acceptors (Lipinski definition) is 4. The van der Waals surface area contributed by atoms with Crippen molar-refractivity contribution in [2.24, 2.45) is 4.40 Å². The molecule has 116 valence electrons. The van der Waals surface area contributed by atoms with Gasteiger partial charge in [-0.05, 0) is 17.7 Å². The topological polar surface area (TPSA) is 39.4 Å². The number of rotatable bonds is 6. The zero-order chi connectivity index (χ0) is 15.9. The zero-order valence-corrected chi connectivity index (χ0v) is 13.7. The Bertz CT molecular complexity index is 772. The number of halogens is 1. The van der Waals surface area contributed by atoms with Crippen LogP contribution in [0.25, 0.3) is 11.4 Å². The van der Waals surface area contributed by atoms with E-state index >= 15 is 0 Å². The summed E-state index contributed by atoms with van der Waals surface area (Å²) >= 11 is 7.10. The van der Waals surface area contributed by atoms with Crippen molar-refractivity contribution in [2.45, 2.75) is 6.61 Å². The van der Waals surface area contributed by atoms with Gasteiger partial charge in [0.2, 0.25) is 0 Å². The summed E-state index contributed by atoms with van der Waals surface area (Å²) in [6, 6.07) is 17.5. The lowest BCUT2D eigenvalue weighted by Crippen LogP contribution is -1.91. The summed E-state index contributed by atoms with van der Waals surface area (Å²) in [5.41, 5.74) is 2.08. The van der Waals surface area contributed by atoms with Crippen molar-refractivity contribution in [2.75, 3.05) is 0 Å². The fraction of sp³-hybridized carbons (Fsp3) is 0.0588. The molecule has 0 aliphatic heterocycles. The van der Waals surface area contributed by atoms with E-state index in [1.807, 2.05) is 64.8 Å². The Labute approximate surface area is 144 Å². The minimum absolute atomic E-state index is 0.455. The summed E-state index contributed by atoms with van der Waals surface area (Å²) in [6.07, 6.45) is 5.05. The van der Waals surface area contributed by atoms with Crippen LogP contribution in [0.15, 0.2) is 71.4 Å². The Morgan fingerprint density at radius 1 is 1.13 bits per heavy atom. The molecule has 23 heavy (non-hydrogen) atoms. The fourth-order valence-corrected chi connectivity index (χ4v) is 2.63. The lowest BCUT2D eigenvalue weighted by atomic mass is 10.2. The molecular formula is C17H14ClN3OS. The van der Waals surface area contributed by atoms with Crippen molar-refractivity contribution in [3.63, 3.8) is 0 Å². The summed E-state index contributed by atoms with van der Waals surface area (Å²) in [6.45, 7) is 0.455. The van der Waals surface area contributed by atoms with Crippen molar-refractivity contribution < 1.29 is 4.74 Å². The molecule has 0 saturated carbocycles. The molecule has 0 aliphatic carbocycles. The molecule has 0 bridgehead atoms. The van der Waals surface area contributed by atoms with Gasteiger partial charge in [0, 0.05) is 23.0 Å². The van der Waals surface area contributed by atoms with Crippen LogP contribution in [0.3, 0.4) is 0 Å². The van der Waals surface area contributed by atoms with Gasteiger partial charge >= 0.3 is 0 Å². The monoisotopic (exact) mass is 343 g/mol. The molecule has 0 amide bonds. The molecule has 3 aromatic rings. The van der Waals surface area contributed by atoms with Gasteiger partial charge < -0.3 is 4.74 Å². The van der Waals surface area contributed by atoms with E-state index in [2.05, 4.69) is 9.38 Å². The Balaban J connectivity index is 1.55. The van der Waals surface area contributed by atoms with Crippen LogP contribution in [0.2, 0.25) is 5.02 Å². The number of nitrogens with zero attached hydrogens (tertiary/aromatic N) is 3. The maximum atomic E-state index is 5.84. The van der Waals surface area contributed by atoms with Gasteiger partial charge in [0.15, 0.2) is 12.2 Å². The number of hydrogen-bond donors (Lipinski definition) is 0. The highest BCUT2D eigenvalue weighted by molar-refractivity contribution is 7.96. The molecule has 0 unspecified atom stereocenters. The minimum atomic E-state index is 0.455. The molecule has 4 nitrogen and oxygen atoms in total. The van der Waals surface area contributed by atoms with Gasteiger partial charge in [-0.3, -0.25) is 3.97 Å². The normalized spacial score (nSPS) is 11.0. The molecule has 0 spiro atoms. The van der Waals surface area contributed by atoms with Crippen LogP contribution in [-0.4, -0.2) is 15.4 Å². The van der Waals surface area contributed by atoms with Crippen LogP contribution in [0.5, 0.6) is 0 Å². The standard InChI is InChI=1S/C17H14ClN3OS/c18-16-8-6-14(7-9-16)12-22-13-20-23-21-11-10-19-17(21)15-4-2-1-3-5-15/h1-11,13H,12H2/b20-13-. The molecule has 0 atom stereocenters. The van der Waals surface area contributed by atoms with Gasteiger partial charge in [-0.1, -0.05) is 54.1 Å². The summed E-state index contributed by atoms with van der Waals surface area (Å²) in [4.78, 5) is 4.36. The number of benzene rings is 2. The van der Waals surface area contributed by atoms with E-state index in [0.717, 1.165) is 17.0 Å². The molecule has 3 rings (SSSR count). The first-order chi connectivity index (χ1) is 11.3. The third-order valence-electron chi connectivity index (χ3n) is 3.06. The van der Waals surface area contributed by atoms with Crippen molar-refractivity contribution in [3.8, 4) is 11.4 Å². The van der Waals surface area contributed by atoms with Gasteiger partial charge in [-0.2, -0.15) is 4.40 Å². The van der Waals surface area contributed by atoms with Crippen molar-refractivity contribution in [3.05, 3.63) is 77.6 Å². The summed E-state index contributed by atoms with van der Waals surface area (Å²) in [5.74, 6) is 0.852. The average Bonchev–Trinajstić information content (AvgIpc) is 3.05. The van der Waals surface area contributed by atoms with E-state index in [-0.39, 0.29) is 0 Å². The van der Waals surface area contributed by atoms with Crippen LogP contribution < -0.4 is 0 Å². The van der Waals surface area contributed by atoms with Crippen LogP contribution in [0, 0.1) is 0 Å². The summed E-state index contributed by atoms with van der Waals surface area (Å²) in [5, 5.41) is 0.714. The molecule has 0 fully saturated rings. The van der Waals surface area contributed by atoms with Gasteiger partial charge in [0.05, 0.1) is 0 Å². The van der Waals surface area contributed by atoms with Crippen molar-refractivity contribution in [1.82, 2.24) is 8.96 Å². The Morgan fingerprint density at radius 2 is 1.91 bits per heavy atom. The molecule has 0 N–H and O–H groups in total. The number of imidazole rings is 1. The maximum Gasteiger partial charge on any atom is 0.183 e. The van der Waals surface area contributed by atoms with E-state index in [0.29, 0.717) is 11.6 Å². The number of aromatic nitrogens is 2. The average molecular weight is 344 g/mol. The first-order valence-corrected chi connectivity index (χ1v) is 8.08. The molecule has 0 aliphatic rings. The van der Waals surface area contributed by atoms with E-state index in [1.54, 1.807) is 6.20 Å². The van der Waals surface area contributed by atoms with Gasteiger partial charge in [-0.15, -0.1) is 0 Å². The van der Waals surface area contributed by atoms with E-state index in [1.165, 1.54) is 18.5 Å². The fourth-order valence-electron chi connectivity index (χ4n) is 1.96. The molecule has 0 saturated heterocycles. The predicted molar refractivity (Wildman–Crippen MR) is 95.4 cm³/mol. The predicted octanol–water partition coefficient (Wildman–Crippen LogP) is 4.86. The molecule has 1 heterocycles. The van der Waals surface area contributed by atoms with Gasteiger partial charge in [0.25, 0.3) is 0 Å². The highest BCUT2D eigenvalue weighted by Crippen LogP contribution is 2.21. The molecular weight excluding hydrogens is 330 g/mol. The second-order valence-corrected chi connectivity index (χ2v) is 5.88. The quantitative estimate of drug-likeness (QED) is 0.364. The Hall–Kier alpha value is -2.24. The lowest BCUT2D eigenvalue weighted by molar-refractivity contribution is 0.309. The van der Waals surface area contributed by atoms with Crippen LogP contribution in [0.4, 0.5) is 0 Å². The molecule has 0 radical (unpaired) electrons. The van der Waals surface area contributed by atoms with Crippen LogP contribution in [0.1, 0.15) is 5.56 Å². The number of ether oxygens (including phenoxy) is 1. The third-order valence-corrected chi connectivity index (χ3v) is 3.96. The highest BCUT2D eigenvalue weighted by atomic mass is 35.5. The van der Waals surface area contributed by atoms with Gasteiger partial charge in [0.1, 0.15) is 18.7 Å². The third kappa shape index (κ3) is 4.37. The summed E-state index contributed by atoms with van der Waals surface area (Å²) in [7, 11) is 0. The van der Waals surface area contributed by atoms with Crippen LogP contribution >= 0.6 is 23.7 Å². The summed E-state index contributed by atoms with van der Waals surface area (Å²) < 4.78 is 11.5. The zero-order valence-electron chi connectivity index (χ0n) is 12.2. The van der Waals surface area contributed by atoms with Gasteiger partial charge in [-0.25, -0.2) is 4.98 Å². The van der Waals surface area contributed by atoms with E-state index in [4.69, 9.17) is 16.3 Å². The largest absolute Gasteiger partial charge is 0.478 e. The van der Waals surface area contributed by atoms with E-state index in [9.17, 15) is 0 Å². The minimum Gasteiger partial charge on any atom is -0.478 e.